The Morgan fingerprint density at radius 1 is 0.818 bits per heavy atom. The van der Waals surface area contributed by atoms with E-state index in [0.29, 0.717) is 29.6 Å². The van der Waals surface area contributed by atoms with Crippen molar-refractivity contribution in [1.82, 2.24) is 0 Å². The lowest BCUT2D eigenvalue weighted by Gasteiger charge is -2.74. The summed E-state index contributed by atoms with van der Waals surface area (Å²) in [7, 11) is 0. The number of hydrogen-bond acceptors (Lipinski definition) is 3. The molecule has 0 aromatic heterocycles. The quantitative estimate of drug-likeness (QED) is 0.409. The molecule has 5 saturated carbocycles. The zero-order valence-electron chi connectivity index (χ0n) is 22.3. The van der Waals surface area contributed by atoms with Crippen molar-refractivity contribution < 1.29 is 14.6 Å². The van der Waals surface area contributed by atoms with Crippen LogP contribution in [-0.4, -0.2) is 22.8 Å². The minimum atomic E-state index is -0.269. The summed E-state index contributed by atoms with van der Waals surface area (Å²) < 4.78 is 6.80. The fourth-order valence-corrected chi connectivity index (χ4v) is 12.1. The highest BCUT2D eigenvalue weighted by Gasteiger charge is 2.81. The van der Waals surface area contributed by atoms with Crippen molar-refractivity contribution in [3.63, 3.8) is 0 Å². The van der Waals surface area contributed by atoms with E-state index in [1.807, 2.05) is 0 Å². The van der Waals surface area contributed by atoms with Crippen LogP contribution in [0.5, 0.6) is 0 Å². The summed E-state index contributed by atoms with van der Waals surface area (Å²) in [4.78, 5) is 13.7. The van der Waals surface area contributed by atoms with Crippen LogP contribution < -0.4 is 0 Å². The molecule has 0 radical (unpaired) electrons. The number of aliphatic hydroxyl groups is 1. The fraction of sp³-hybridized carbons (Fsp3) is 0.967. The van der Waals surface area contributed by atoms with Gasteiger partial charge in [0.15, 0.2) is 0 Å². The maximum Gasteiger partial charge on any atom is 0.313 e. The summed E-state index contributed by atoms with van der Waals surface area (Å²) in [5, 5.41) is 10.9. The van der Waals surface area contributed by atoms with Gasteiger partial charge in [-0.25, -0.2) is 0 Å². The molecule has 0 amide bonds. The van der Waals surface area contributed by atoms with E-state index in [0.717, 1.165) is 38.5 Å². The van der Waals surface area contributed by atoms with Crippen LogP contribution in [-0.2, 0) is 9.53 Å². The largest absolute Gasteiger partial charge is 0.458 e. The third kappa shape index (κ3) is 2.27. The lowest BCUT2D eigenvalue weighted by Crippen LogP contribution is -2.72. The summed E-state index contributed by atoms with van der Waals surface area (Å²) in [5.41, 5.74) is 0.0122. The van der Waals surface area contributed by atoms with E-state index in [1.54, 1.807) is 0 Å². The summed E-state index contributed by atoms with van der Waals surface area (Å²) in [6.07, 6.45) is 11.0. The number of hydrogen-bond donors (Lipinski definition) is 1. The zero-order chi connectivity index (χ0) is 23.8. The molecule has 0 unspecified atom stereocenters. The smallest absolute Gasteiger partial charge is 0.313 e. The molecule has 5 aliphatic carbocycles. The Morgan fingerprint density at radius 3 is 2.24 bits per heavy atom. The Morgan fingerprint density at radius 2 is 1.52 bits per heavy atom. The third-order valence-electron chi connectivity index (χ3n) is 14.3. The molecule has 1 N–H and O–H groups in total. The Bertz CT molecular complexity index is 880. The predicted molar refractivity (Wildman–Crippen MR) is 130 cm³/mol. The molecular formula is C30H48O3. The van der Waals surface area contributed by atoms with Crippen LogP contribution >= 0.6 is 0 Å². The zero-order valence-corrected chi connectivity index (χ0v) is 22.3. The van der Waals surface area contributed by atoms with E-state index in [9.17, 15) is 9.90 Å². The van der Waals surface area contributed by atoms with Crippen molar-refractivity contribution >= 4 is 5.97 Å². The average Bonchev–Trinajstić information content (AvgIpc) is 2.95. The second-order valence-corrected chi connectivity index (χ2v) is 15.1. The van der Waals surface area contributed by atoms with Crippen molar-refractivity contribution in [2.45, 2.75) is 124 Å². The molecule has 1 spiro atoms. The van der Waals surface area contributed by atoms with E-state index >= 15 is 0 Å². The van der Waals surface area contributed by atoms with Crippen LogP contribution in [0.1, 0.15) is 113 Å². The Labute approximate surface area is 201 Å². The summed E-state index contributed by atoms with van der Waals surface area (Å²) in [6.45, 7) is 17.2. The summed E-state index contributed by atoms with van der Waals surface area (Å²) >= 11 is 0. The Kier molecular flexibility index (Phi) is 4.44. The molecule has 1 aliphatic heterocycles. The maximum absolute atomic E-state index is 13.7. The molecule has 6 fully saturated rings. The van der Waals surface area contributed by atoms with Gasteiger partial charge in [-0.3, -0.25) is 4.79 Å². The van der Waals surface area contributed by atoms with Gasteiger partial charge < -0.3 is 9.84 Å². The van der Waals surface area contributed by atoms with Crippen LogP contribution in [0, 0.1) is 56.7 Å². The van der Waals surface area contributed by atoms with Crippen LogP contribution in [0.2, 0.25) is 0 Å². The highest BCUT2D eigenvalue weighted by Crippen LogP contribution is 2.80. The van der Waals surface area contributed by atoms with Gasteiger partial charge in [-0.05, 0) is 104 Å². The van der Waals surface area contributed by atoms with Crippen LogP contribution in [0.15, 0.2) is 0 Å². The van der Waals surface area contributed by atoms with Crippen LogP contribution in [0.3, 0.4) is 0 Å². The number of ether oxygens (including phenoxy) is 1. The lowest BCUT2D eigenvalue weighted by atomic mass is 9.30. The topological polar surface area (TPSA) is 46.5 Å². The first-order valence-corrected chi connectivity index (χ1v) is 14.2. The second-order valence-electron chi connectivity index (χ2n) is 15.1. The van der Waals surface area contributed by atoms with Gasteiger partial charge in [0, 0.05) is 11.3 Å². The van der Waals surface area contributed by atoms with Gasteiger partial charge in [-0.15, -0.1) is 0 Å². The number of carbonyl (C=O) groups is 1. The molecular weight excluding hydrogens is 408 g/mol. The number of rotatable bonds is 0. The van der Waals surface area contributed by atoms with Gasteiger partial charge in [-0.2, -0.15) is 0 Å². The summed E-state index contributed by atoms with van der Waals surface area (Å²) in [5.74, 6) is 3.02. The van der Waals surface area contributed by atoms with Crippen LogP contribution in [0.25, 0.3) is 0 Å². The van der Waals surface area contributed by atoms with Gasteiger partial charge in [-0.1, -0.05) is 48.5 Å². The Balaban J connectivity index is 1.47. The molecule has 186 valence electrons. The van der Waals surface area contributed by atoms with Crippen molar-refractivity contribution in [3.8, 4) is 0 Å². The van der Waals surface area contributed by atoms with E-state index < -0.39 is 0 Å². The fourth-order valence-electron chi connectivity index (χ4n) is 12.1. The number of esters is 1. The number of aliphatic hydroxyl groups excluding tert-OH is 1. The minimum Gasteiger partial charge on any atom is -0.458 e. The molecule has 2 bridgehead atoms. The highest BCUT2D eigenvalue weighted by atomic mass is 16.6. The van der Waals surface area contributed by atoms with E-state index in [1.165, 1.54) is 25.7 Å². The van der Waals surface area contributed by atoms with E-state index in [-0.39, 0.29) is 44.7 Å². The molecule has 3 nitrogen and oxygen atoms in total. The van der Waals surface area contributed by atoms with Gasteiger partial charge in [0.05, 0.1) is 11.5 Å². The predicted octanol–water partition coefficient (Wildman–Crippen LogP) is 6.76. The van der Waals surface area contributed by atoms with E-state index in [4.69, 9.17) is 4.74 Å². The van der Waals surface area contributed by atoms with Gasteiger partial charge in [0.1, 0.15) is 5.60 Å². The molecule has 33 heavy (non-hydrogen) atoms. The van der Waals surface area contributed by atoms with Crippen molar-refractivity contribution in [2.24, 2.45) is 56.7 Å². The van der Waals surface area contributed by atoms with Crippen molar-refractivity contribution in [3.05, 3.63) is 0 Å². The van der Waals surface area contributed by atoms with Crippen molar-refractivity contribution in [2.75, 3.05) is 0 Å². The van der Waals surface area contributed by atoms with E-state index in [2.05, 4.69) is 48.5 Å². The third-order valence-corrected chi connectivity index (χ3v) is 14.3. The second kappa shape index (κ2) is 6.40. The highest BCUT2D eigenvalue weighted by molar-refractivity contribution is 5.82. The average molecular weight is 457 g/mol. The molecule has 0 aromatic carbocycles. The number of carbonyl (C=O) groups excluding carboxylic acids is 1. The minimum absolute atomic E-state index is 0.0147. The first kappa shape index (κ1) is 22.9. The normalized spacial score (nSPS) is 61.3. The van der Waals surface area contributed by atoms with Gasteiger partial charge in [0.2, 0.25) is 0 Å². The van der Waals surface area contributed by atoms with Crippen molar-refractivity contribution in [1.29, 1.82) is 0 Å². The molecule has 6 aliphatic rings. The molecule has 0 aromatic rings. The maximum atomic E-state index is 13.7. The van der Waals surface area contributed by atoms with Gasteiger partial charge in [0.25, 0.3) is 0 Å². The summed E-state index contributed by atoms with van der Waals surface area (Å²) in [6, 6.07) is 0. The Hall–Kier alpha value is -0.570. The molecule has 1 heterocycles. The van der Waals surface area contributed by atoms with Gasteiger partial charge >= 0.3 is 5.97 Å². The SMILES string of the molecule is C[C@@H]1[C@@H](C)CC[C@]23CC[C@]4(C)[C@@]5(C)CC[C@@H]6C(C)(C)[C@H](O)CC[C@@]6(C)[C@@H]5CC[C@@]4(OC2=O)[C@@H]13. The lowest BCUT2D eigenvalue weighted by molar-refractivity contribution is -0.289. The number of fused-ring (bicyclic) bond motifs is 4. The van der Waals surface area contributed by atoms with Crippen LogP contribution in [0.4, 0.5) is 0 Å². The molecule has 11 atom stereocenters. The standard InChI is InChI=1S/C30H48O3/c1-18-8-14-29-17-16-28(7)27(6)13-9-20-25(3,4)22(31)11-12-26(20,5)21(27)10-15-30(28,33-24(29)32)23(29)19(18)2/h18-23,31H,8-17H2,1-7H3/t18-,19+,20+,21-,22+,23-,26+,27-,28+,29+,30+/m0/s1. The first-order valence-electron chi connectivity index (χ1n) is 14.2. The molecule has 1 saturated heterocycles. The monoisotopic (exact) mass is 456 g/mol. The first-order chi connectivity index (χ1) is 15.3. The molecule has 3 heteroatoms. The molecule has 6 rings (SSSR count).